The van der Waals surface area contributed by atoms with Gasteiger partial charge in [-0.05, 0) is 61.3 Å². The summed E-state index contributed by atoms with van der Waals surface area (Å²) in [7, 11) is 0. The molecule has 1 N–H and O–H groups in total. The molecule has 0 saturated carbocycles. The van der Waals surface area contributed by atoms with Crippen molar-refractivity contribution in [1.82, 2.24) is 5.32 Å². The zero-order valence-electron chi connectivity index (χ0n) is 12.7. The number of nitrogens with one attached hydrogen (secondary N) is 1. The van der Waals surface area contributed by atoms with Crippen LogP contribution in [0.15, 0.2) is 46.2 Å². The molecular formula is C18H20N2S. The van der Waals surface area contributed by atoms with Gasteiger partial charge in [-0.2, -0.15) is 5.26 Å². The summed E-state index contributed by atoms with van der Waals surface area (Å²) >= 11 is 1.65. The highest BCUT2D eigenvalue weighted by molar-refractivity contribution is 7.99. The number of hydrogen-bond donors (Lipinski definition) is 1. The first-order chi connectivity index (χ1) is 10.1. The summed E-state index contributed by atoms with van der Waals surface area (Å²) in [6.45, 7) is 8.04. The molecule has 0 aliphatic heterocycles. The third-order valence-electron chi connectivity index (χ3n) is 3.45. The number of nitrogens with zero attached hydrogens (tertiary/aromatic N) is 1. The van der Waals surface area contributed by atoms with Crippen LogP contribution in [0.3, 0.4) is 0 Å². The summed E-state index contributed by atoms with van der Waals surface area (Å²) in [5, 5.41) is 12.6. The monoisotopic (exact) mass is 296 g/mol. The Morgan fingerprint density at radius 2 is 1.90 bits per heavy atom. The summed E-state index contributed by atoms with van der Waals surface area (Å²) in [6.07, 6.45) is 0. The molecule has 0 radical (unpaired) electrons. The highest BCUT2D eigenvalue weighted by atomic mass is 32.2. The van der Waals surface area contributed by atoms with E-state index < -0.39 is 0 Å². The predicted molar refractivity (Wildman–Crippen MR) is 88.6 cm³/mol. The van der Waals surface area contributed by atoms with Gasteiger partial charge < -0.3 is 5.32 Å². The highest BCUT2D eigenvalue weighted by Crippen LogP contribution is 2.31. The molecule has 0 unspecified atom stereocenters. The zero-order chi connectivity index (χ0) is 15.2. The van der Waals surface area contributed by atoms with Crippen LogP contribution in [0, 0.1) is 25.2 Å². The third kappa shape index (κ3) is 4.10. The van der Waals surface area contributed by atoms with Crippen LogP contribution in [0.5, 0.6) is 0 Å². The fourth-order valence-corrected chi connectivity index (χ4v) is 3.01. The Bertz CT molecular complexity index is 671. The van der Waals surface area contributed by atoms with E-state index in [0.717, 1.165) is 29.1 Å². The van der Waals surface area contributed by atoms with Gasteiger partial charge in [0.2, 0.25) is 0 Å². The molecule has 2 aromatic carbocycles. The maximum absolute atomic E-state index is 9.36. The maximum atomic E-state index is 9.36. The van der Waals surface area contributed by atoms with E-state index in [1.807, 2.05) is 12.1 Å². The van der Waals surface area contributed by atoms with Gasteiger partial charge in [0, 0.05) is 16.3 Å². The van der Waals surface area contributed by atoms with E-state index in [9.17, 15) is 5.26 Å². The van der Waals surface area contributed by atoms with E-state index in [1.165, 1.54) is 16.0 Å². The van der Waals surface area contributed by atoms with Crippen LogP contribution in [0.2, 0.25) is 0 Å². The molecule has 2 aromatic rings. The molecule has 0 aliphatic carbocycles. The molecular weight excluding hydrogens is 276 g/mol. The lowest BCUT2D eigenvalue weighted by atomic mass is 10.1. The third-order valence-corrected chi connectivity index (χ3v) is 4.52. The van der Waals surface area contributed by atoms with Crippen LogP contribution in [0.1, 0.15) is 29.2 Å². The van der Waals surface area contributed by atoms with Crippen molar-refractivity contribution in [2.45, 2.75) is 37.1 Å². The Kier molecular flexibility index (Phi) is 5.44. The lowest BCUT2D eigenvalue weighted by Crippen LogP contribution is -2.11. The molecule has 0 atom stereocenters. The van der Waals surface area contributed by atoms with Gasteiger partial charge in [0.25, 0.3) is 0 Å². The van der Waals surface area contributed by atoms with Crippen molar-refractivity contribution in [3.63, 3.8) is 0 Å². The molecule has 0 heterocycles. The molecule has 3 heteroatoms. The largest absolute Gasteiger partial charge is 0.313 e. The van der Waals surface area contributed by atoms with E-state index in [0.29, 0.717) is 0 Å². The van der Waals surface area contributed by atoms with Crippen molar-refractivity contribution in [2.75, 3.05) is 6.54 Å². The molecule has 21 heavy (non-hydrogen) atoms. The Balaban J connectivity index is 2.23. The van der Waals surface area contributed by atoms with Gasteiger partial charge in [-0.3, -0.25) is 0 Å². The van der Waals surface area contributed by atoms with E-state index in [4.69, 9.17) is 0 Å². The summed E-state index contributed by atoms with van der Waals surface area (Å²) in [4.78, 5) is 2.19. The fraction of sp³-hybridized carbons (Fsp3) is 0.278. The van der Waals surface area contributed by atoms with Gasteiger partial charge in [0.05, 0.1) is 5.56 Å². The van der Waals surface area contributed by atoms with Crippen molar-refractivity contribution >= 4 is 11.8 Å². The van der Waals surface area contributed by atoms with Crippen LogP contribution < -0.4 is 5.32 Å². The van der Waals surface area contributed by atoms with Gasteiger partial charge in [-0.15, -0.1) is 0 Å². The molecule has 0 amide bonds. The van der Waals surface area contributed by atoms with Crippen molar-refractivity contribution in [1.29, 1.82) is 5.26 Å². The summed E-state index contributed by atoms with van der Waals surface area (Å²) < 4.78 is 0. The van der Waals surface area contributed by atoms with Crippen LogP contribution in [-0.2, 0) is 6.54 Å². The minimum Gasteiger partial charge on any atom is -0.313 e. The molecule has 2 nitrogen and oxygen atoms in total. The second kappa shape index (κ2) is 7.31. The number of benzene rings is 2. The minimum absolute atomic E-state index is 0.744. The standard InChI is InChI=1S/C18H20N2S/c1-4-20-12-15-6-8-18(16(10-15)11-19)21-17-7-5-13(2)14(3)9-17/h5-10,20H,4,12H2,1-3H3. The van der Waals surface area contributed by atoms with Crippen molar-refractivity contribution in [3.05, 3.63) is 58.7 Å². The smallest absolute Gasteiger partial charge is 0.100 e. The Morgan fingerprint density at radius 1 is 1.10 bits per heavy atom. The van der Waals surface area contributed by atoms with Gasteiger partial charge in [-0.25, -0.2) is 0 Å². The van der Waals surface area contributed by atoms with Crippen LogP contribution in [0.4, 0.5) is 0 Å². The predicted octanol–water partition coefficient (Wildman–Crippen LogP) is 4.44. The summed E-state index contributed by atoms with van der Waals surface area (Å²) in [6, 6.07) is 14.8. The molecule has 0 saturated heterocycles. The van der Waals surface area contributed by atoms with E-state index in [2.05, 4.69) is 56.4 Å². The molecule has 0 fully saturated rings. The fourth-order valence-electron chi connectivity index (χ4n) is 2.04. The maximum Gasteiger partial charge on any atom is 0.100 e. The molecule has 0 aromatic heterocycles. The highest BCUT2D eigenvalue weighted by Gasteiger charge is 2.06. The Morgan fingerprint density at radius 3 is 2.57 bits per heavy atom. The van der Waals surface area contributed by atoms with E-state index in [1.54, 1.807) is 11.8 Å². The number of nitriles is 1. The summed E-state index contributed by atoms with van der Waals surface area (Å²) in [5.41, 5.74) is 4.47. The van der Waals surface area contributed by atoms with Gasteiger partial charge in [-0.1, -0.05) is 30.8 Å². The van der Waals surface area contributed by atoms with Gasteiger partial charge in [0.15, 0.2) is 0 Å². The number of aryl methyl sites for hydroxylation is 2. The van der Waals surface area contributed by atoms with Crippen molar-refractivity contribution in [3.8, 4) is 6.07 Å². The van der Waals surface area contributed by atoms with Crippen LogP contribution >= 0.6 is 11.8 Å². The van der Waals surface area contributed by atoms with Gasteiger partial charge in [0.1, 0.15) is 6.07 Å². The molecule has 0 aliphatic rings. The first-order valence-corrected chi connectivity index (χ1v) is 7.94. The average molecular weight is 296 g/mol. The molecule has 108 valence electrons. The SMILES string of the molecule is CCNCc1ccc(Sc2ccc(C)c(C)c2)c(C#N)c1. The topological polar surface area (TPSA) is 35.8 Å². The lowest BCUT2D eigenvalue weighted by molar-refractivity contribution is 0.726. The minimum atomic E-state index is 0.744. The first-order valence-electron chi connectivity index (χ1n) is 7.13. The number of rotatable bonds is 5. The lowest BCUT2D eigenvalue weighted by Gasteiger charge is -2.09. The van der Waals surface area contributed by atoms with E-state index >= 15 is 0 Å². The van der Waals surface area contributed by atoms with Gasteiger partial charge >= 0.3 is 0 Å². The Labute approximate surface area is 131 Å². The quantitative estimate of drug-likeness (QED) is 0.886. The van der Waals surface area contributed by atoms with Crippen LogP contribution in [0.25, 0.3) is 0 Å². The second-order valence-corrected chi connectivity index (χ2v) is 6.19. The molecule has 0 bridgehead atoms. The average Bonchev–Trinajstić information content (AvgIpc) is 2.50. The van der Waals surface area contributed by atoms with E-state index in [-0.39, 0.29) is 0 Å². The number of hydrogen-bond acceptors (Lipinski definition) is 3. The molecule has 0 spiro atoms. The second-order valence-electron chi connectivity index (χ2n) is 5.07. The zero-order valence-corrected chi connectivity index (χ0v) is 13.6. The van der Waals surface area contributed by atoms with Crippen molar-refractivity contribution < 1.29 is 0 Å². The Hall–Kier alpha value is -1.76. The van der Waals surface area contributed by atoms with Crippen molar-refractivity contribution in [2.24, 2.45) is 0 Å². The normalized spacial score (nSPS) is 10.4. The van der Waals surface area contributed by atoms with Crippen LogP contribution in [-0.4, -0.2) is 6.54 Å². The summed E-state index contributed by atoms with van der Waals surface area (Å²) in [5.74, 6) is 0. The molecule has 2 rings (SSSR count). The first kappa shape index (κ1) is 15.6.